The number of hydrogen-bond donors (Lipinski definition) is 1. The number of carboxylic acids is 1. The maximum absolute atomic E-state index is 11.0. The van der Waals surface area contributed by atoms with Crippen LogP contribution in [0.25, 0.3) is 5.65 Å². The molecule has 0 bridgehead atoms. The Balaban J connectivity index is 1.66. The molecule has 0 amide bonds. The number of pyridine rings is 1. The summed E-state index contributed by atoms with van der Waals surface area (Å²) >= 11 is 0. The van der Waals surface area contributed by atoms with Crippen molar-refractivity contribution in [3.05, 3.63) is 53.2 Å². The topological polar surface area (TPSA) is 81.7 Å². The fourth-order valence-corrected chi connectivity index (χ4v) is 3.08. The number of nitrogens with zero attached hydrogens (tertiary/aromatic N) is 4. The number of aromatic carboxylic acids is 1. The molecule has 0 spiro atoms. The van der Waals surface area contributed by atoms with Crippen molar-refractivity contribution in [3.8, 4) is 0 Å². The SMILES string of the molecule is COCCc1cc(C2CC2)cn2cc(Cn3cc(C(=O)O)cn3)nc12. The maximum Gasteiger partial charge on any atom is 0.338 e. The predicted molar refractivity (Wildman–Crippen MR) is 91.0 cm³/mol. The van der Waals surface area contributed by atoms with Crippen molar-refractivity contribution in [3.63, 3.8) is 0 Å². The standard InChI is InChI=1S/C18H20N4O3/c1-25-5-4-13-6-14(12-2-3-12)8-21-10-16(20-17(13)21)11-22-9-15(7-19-22)18(23)24/h6-10,12H,2-5,11H2,1H3,(H,23,24). The molecule has 1 saturated carbocycles. The minimum Gasteiger partial charge on any atom is -0.478 e. The van der Waals surface area contributed by atoms with Gasteiger partial charge in [-0.15, -0.1) is 0 Å². The summed E-state index contributed by atoms with van der Waals surface area (Å²) in [5, 5.41) is 13.1. The number of carbonyl (C=O) groups is 1. The molecule has 1 N–H and O–H groups in total. The van der Waals surface area contributed by atoms with Crippen molar-refractivity contribution in [2.75, 3.05) is 13.7 Å². The zero-order valence-electron chi connectivity index (χ0n) is 14.1. The van der Waals surface area contributed by atoms with Gasteiger partial charge in [0.15, 0.2) is 0 Å². The van der Waals surface area contributed by atoms with E-state index in [2.05, 4.69) is 21.8 Å². The van der Waals surface area contributed by atoms with E-state index in [-0.39, 0.29) is 5.56 Å². The summed E-state index contributed by atoms with van der Waals surface area (Å²) in [6.45, 7) is 1.10. The smallest absolute Gasteiger partial charge is 0.338 e. The van der Waals surface area contributed by atoms with Crippen LogP contribution in [-0.4, -0.2) is 44.0 Å². The Hall–Kier alpha value is -2.67. The quantitative estimate of drug-likeness (QED) is 0.714. The summed E-state index contributed by atoms with van der Waals surface area (Å²) in [5.41, 5.74) is 4.51. The second-order valence-electron chi connectivity index (χ2n) is 6.51. The minimum absolute atomic E-state index is 0.181. The van der Waals surface area contributed by atoms with E-state index in [0.29, 0.717) is 19.1 Å². The lowest BCUT2D eigenvalue weighted by molar-refractivity contribution is 0.0696. The molecule has 0 atom stereocenters. The van der Waals surface area contributed by atoms with E-state index < -0.39 is 5.97 Å². The first-order valence-corrected chi connectivity index (χ1v) is 8.39. The summed E-state index contributed by atoms with van der Waals surface area (Å²) in [7, 11) is 1.71. The summed E-state index contributed by atoms with van der Waals surface area (Å²) < 4.78 is 8.91. The molecule has 3 aromatic rings. The second kappa shape index (κ2) is 6.33. The van der Waals surface area contributed by atoms with Crippen LogP contribution in [0.5, 0.6) is 0 Å². The van der Waals surface area contributed by atoms with Gasteiger partial charge in [0.1, 0.15) is 5.65 Å². The van der Waals surface area contributed by atoms with E-state index in [9.17, 15) is 4.79 Å². The van der Waals surface area contributed by atoms with Crippen LogP contribution in [0.1, 0.15) is 45.9 Å². The van der Waals surface area contributed by atoms with Crippen molar-refractivity contribution in [2.24, 2.45) is 0 Å². The number of hydrogen-bond acceptors (Lipinski definition) is 4. The zero-order chi connectivity index (χ0) is 17.4. The number of aromatic nitrogens is 4. The molecule has 7 nitrogen and oxygen atoms in total. The van der Waals surface area contributed by atoms with Gasteiger partial charge in [0.05, 0.1) is 30.6 Å². The Morgan fingerprint density at radius 2 is 2.20 bits per heavy atom. The molecule has 25 heavy (non-hydrogen) atoms. The summed E-state index contributed by atoms with van der Waals surface area (Å²) in [5.74, 6) is -0.307. The molecular formula is C18H20N4O3. The monoisotopic (exact) mass is 340 g/mol. The van der Waals surface area contributed by atoms with Gasteiger partial charge < -0.3 is 14.2 Å². The first-order chi connectivity index (χ1) is 12.1. The highest BCUT2D eigenvalue weighted by atomic mass is 16.5. The van der Waals surface area contributed by atoms with Gasteiger partial charge >= 0.3 is 5.97 Å². The van der Waals surface area contributed by atoms with Crippen molar-refractivity contribution in [1.82, 2.24) is 19.2 Å². The molecule has 7 heteroatoms. The third-order valence-corrected chi connectivity index (χ3v) is 4.53. The van der Waals surface area contributed by atoms with Crippen molar-refractivity contribution in [2.45, 2.75) is 31.7 Å². The summed E-state index contributed by atoms with van der Waals surface area (Å²) in [4.78, 5) is 15.7. The molecule has 3 aromatic heterocycles. The first kappa shape index (κ1) is 15.8. The van der Waals surface area contributed by atoms with Crippen LogP contribution in [-0.2, 0) is 17.7 Å². The van der Waals surface area contributed by atoms with Crippen molar-refractivity contribution >= 4 is 11.6 Å². The molecule has 4 rings (SSSR count). The molecule has 130 valence electrons. The number of carboxylic acid groups (broad SMARTS) is 1. The minimum atomic E-state index is -0.975. The third-order valence-electron chi connectivity index (χ3n) is 4.53. The van der Waals surface area contributed by atoms with Crippen LogP contribution in [0.3, 0.4) is 0 Å². The molecule has 1 fully saturated rings. The molecule has 1 aliphatic carbocycles. The number of rotatable bonds is 7. The van der Waals surface area contributed by atoms with Crippen LogP contribution in [0.4, 0.5) is 0 Å². The van der Waals surface area contributed by atoms with E-state index in [1.54, 1.807) is 11.8 Å². The van der Waals surface area contributed by atoms with Gasteiger partial charge in [-0.05, 0) is 36.3 Å². The lowest BCUT2D eigenvalue weighted by Gasteiger charge is -2.07. The molecule has 0 aromatic carbocycles. The molecule has 0 unspecified atom stereocenters. The molecular weight excluding hydrogens is 320 g/mol. The van der Waals surface area contributed by atoms with Crippen molar-refractivity contribution < 1.29 is 14.6 Å². The van der Waals surface area contributed by atoms with E-state index in [4.69, 9.17) is 14.8 Å². The van der Waals surface area contributed by atoms with E-state index in [1.807, 2.05) is 6.20 Å². The van der Waals surface area contributed by atoms with Gasteiger partial charge in [0.2, 0.25) is 0 Å². The highest BCUT2D eigenvalue weighted by Gasteiger charge is 2.25. The normalized spacial score (nSPS) is 14.3. The van der Waals surface area contributed by atoms with Gasteiger partial charge in [-0.2, -0.15) is 5.10 Å². The fourth-order valence-electron chi connectivity index (χ4n) is 3.08. The summed E-state index contributed by atoms with van der Waals surface area (Å²) in [6.07, 6.45) is 10.4. The number of fused-ring (bicyclic) bond motifs is 1. The second-order valence-corrected chi connectivity index (χ2v) is 6.51. The summed E-state index contributed by atoms with van der Waals surface area (Å²) in [6, 6.07) is 2.25. The van der Waals surface area contributed by atoms with Gasteiger partial charge in [-0.1, -0.05) is 6.07 Å². The van der Waals surface area contributed by atoms with E-state index >= 15 is 0 Å². The van der Waals surface area contributed by atoms with Crippen LogP contribution < -0.4 is 0 Å². The average molecular weight is 340 g/mol. The van der Waals surface area contributed by atoms with Crippen molar-refractivity contribution in [1.29, 1.82) is 0 Å². The first-order valence-electron chi connectivity index (χ1n) is 8.39. The molecule has 0 saturated heterocycles. The maximum atomic E-state index is 11.0. The van der Waals surface area contributed by atoms with Crippen LogP contribution in [0.2, 0.25) is 0 Å². The molecule has 0 aliphatic heterocycles. The predicted octanol–water partition coefficient (Wildman–Crippen LogP) is 2.34. The highest BCUT2D eigenvalue weighted by Crippen LogP contribution is 2.40. The lowest BCUT2D eigenvalue weighted by Crippen LogP contribution is -2.01. The Bertz CT molecular complexity index is 924. The molecule has 0 radical (unpaired) electrons. The zero-order valence-corrected chi connectivity index (χ0v) is 14.1. The Kier molecular flexibility index (Phi) is 4.01. The molecule has 1 aliphatic rings. The molecule has 3 heterocycles. The van der Waals surface area contributed by atoms with Crippen LogP contribution in [0, 0.1) is 0 Å². The average Bonchev–Trinajstić information content (AvgIpc) is 3.20. The highest BCUT2D eigenvalue weighted by molar-refractivity contribution is 5.86. The van der Waals surface area contributed by atoms with Crippen LogP contribution >= 0.6 is 0 Å². The third kappa shape index (κ3) is 3.28. The number of imidazole rings is 1. The van der Waals surface area contributed by atoms with Gasteiger partial charge in [-0.25, -0.2) is 9.78 Å². The van der Waals surface area contributed by atoms with E-state index in [0.717, 1.165) is 17.8 Å². The largest absolute Gasteiger partial charge is 0.478 e. The number of ether oxygens (including phenoxy) is 1. The Morgan fingerprint density at radius 3 is 2.88 bits per heavy atom. The fraction of sp³-hybridized carbons (Fsp3) is 0.389. The van der Waals surface area contributed by atoms with Crippen LogP contribution in [0.15, 0.2) is 30.9 Å². The lowest BCUT2D eigenvalue weighted by atomic mass is 10.1. The van der Waals surface area contributed by atoms with Gasteiger partial charge in [0.25, 0.3) is 0 Å². The van der Waals surface area contributed by atoms with E-state index in [1.165, 1.54) is 36.4 Å². The Morgan fingerprint density at radius 1 is 1.36 bits per heavy atom. The number of methoxy groups -OCH3 is 1. The van der Waals surface area contributed by atoms with Gasteiger partial charge in [-0.3, -0.25) is 4.68 Å². The van der Waals surface area contributed by atoms with Gasteiger partial charge in [0, 0.05) is 25.7 Å². The Labute approximate surface area is 144 Å².